The summed E-state index contributed by atoms with van der Waals surface area (Å²) in [6, 6.07) is 5.42. The van der Waals surface area contributed by atoms with E-state index in [1.165, 1.54) is 0 Å². The van der Waals surface area contributed by atoms with Gasteiger partial charge >= 0.3 is 0 Å². The smallest absolute Gasteiger partial charge is 0.227 e. The number of halogens is 2. The Morgan fingerprint density at radius 1 is 1.44 bits per heavy atom. The van der Waals surface area contributed by atoms with E-state index >= 15 is 0 Å². The molecule has 1 aromatic rings. The Morgan fingerprint density at radius 2 is 2.17 bits per heavy atom. The summed E-state index contributed by atoms with van der Waals surface area (Å²) >= 11 is 9.26. The predicted molar refractivity (Wildman–Crippen MR) is 81.1 cm³/mol. The molecule has 0 radical (unpaired) electrons. The van der Waals surface area contributed by atoms with Gasteiger partial charge in [0, 0.05) is 16.1 Å². The van der Waals surface area contributed by atoms with Crippen LogP contribution in [0, 0.1) is 5.92 Å². The van der Waals surface area contributed by atoms with Crippen LogP contribution < -0.4 is 5.32 Å². The van der Waals surface area contributed by atoms with E-state index in [2.05, 4.69) is 35.1 Å². The fourth-order valence-corrected chi connectivity index (χ4v) is 2.29. The second-order valence-electron chi connectivity index (χ2n) is 4.37. The molecule has 0 aliphatic carbocycles. The quantitative estimate of drug-likeness (QED) is 0.756. The van der Waals surface area contributed by atoms with Crippen molar-refractivity contribution < 1.29 is 4.79 Å². The number of hydrogen-bond acceptors (Lipinski definition) is 1. The lowest BCUT2D eigenvalue weighted by molar-refractivity contribution is -0.120. The zero-order chi connectivity index (χ0) is 13.5. The van der Waals surface area contributed by atoms with Crippen molar-refractivity contribution in [2.75, 3.05) is 5.32 Å². The molecule has 1 aromatic carbocycles. The third-order valence-corrected chi connectivity index (χ3v) is 4.17. The van der Waals surface area contributed by atoms with Crippen LogP contribution in [0.5, 0.6) is 0 Å². The van der Waals surface area contributed by atoms with Crippen LogP contribution in [0.1, 0.15) is 39.5 Å². The SMILES string of the molecule is CCCCC(CC)C(=O)Nc1ccc(Cl)c(Br)c1. The van der Waals surface area contributed by atoms with Gasteiger partial charge in [0.1, 0.15) is 0 Å². The molecule has 1 unspecified atom stereocenters. The number of hydrogen-bond donors (Lipinski definition) is 1. The van der Waals surface area contributed by atoms with E-state index in [0.717, 1.165) is 35.8 Å². The first kappa shape index (κ1) is 15.5. The highest BCUT2D eigenvalue weighted by atomic mass is 79.9. The van der Waals surface area contributed by atoms with Crippen molar-refractivity contribution in [1.82, 2.24) is 0 Å². The van der Waals surface area contributed by atoms with E-state index in [1.807, 2.05) is 12.1 Å². The Morgan fingerprint density at radius 3 is 2.72 bits per heavy atom. The van der Waals surface area contributed by atoms with E-state index in [0.29, 0.717) is 5.02 Å². The Hall–Kier alpha value is -0.540. The van der Waals surface area contributed by atoms with Gasteiger partial charge in [0.25, 0.3) is 0 Å². The summed E-state index contributed by atoms with van der Waals surface area (Å²) < 4.78 is 0.795. The molecule has 0 fully saturated rings. The third kappa shape index (κ3) is 4.62. The first-order chi connectivity index (χ1) is 8.58. The van der Waals surface area contributed by atoms with Crippen LogP contribution in [-0.2, 0) is 4.79 Å². The molecule has 0 saturated heterocycles. The standard InChI is InChI=1S/C14H19BrClNO/c1-3-5-6-10(4-2)14(18)17-11-7-8-13(16)12(15)9-11/h7-10H,3-6H2,1-2H3,(H,17,18). The fourth-order valence-electron chi connectivity index (χ4n) is 1.79. The minimum absolute atomic E-state index is 0.0967. The van der Waals surface area contributed by atoms with E-state index in [9.17, 15) is 4.79 Å². The van der Waals surface area contributed by atoms with Crippen LogP contribution in [0.3, 0.4) is 0 Å². The highest BCUT2D eigenvalue weighted by Crippen LogP contribution is 2.26. The predicted octanol–water partition coefficient (Wildman–Crippen LogP) is 5.26. The van der Waals surface area contributed by atoms with Crippen molar-refractivity contribution in [2.45, 2.75) is 39.5 Å². The van der Waals surface area contributed by atoms with E-state index < -0.39 is 0 Å². The van der Waals surface area contributed by atoms with Gasteiger partial charge in [-0.2, -0.15) is 0 Å². The number of benzene rings is 1. The molecule has 18 heavy (non-hydrogen) atoms. The van der Waals surface area contributed by atoms with E-state index in [1.54, 1.807) is 6.07 Å². The molecule has 4 heteroatoms. The normalized spacial score (nSPS) is 12.2. The molecule has 0 aliphatic heterocycles. The maximum absolute atomic E-state index is 12.1. The molecule has 100 valence electrons. The van der Waals surface area contributed by atoms with Gasteiger partial charge in [-0.15, -0.1) is 0 Å². The zero-order valence-corrected chi connectivity index (χ0v) is 13.1. The van der Waals surface area contributed by atoms with Crippen LogP contribution >= 0.6 is 27.5 Å². The number of rotatable bonds is 6. The summed E-state index contributed by atoms with van der Waals surface area (Å²) in [5.74, 6) is 0.194. The van der Waals surface area contributed by atoms with Gasteiger partial charge < -0.3 is 5.32 Å². The largest absolute Gasteiger partial charge is 0.326 e. The number of nitrogens with one attached hydrogen (secondary N) is 1. The van der Waals surface area contributed by atoms with Crippen molar-refractivity contribution in [3.05, 3.63) is 27.7 Å². The van der Waals surface area contributed by atoms with Crippen LogP contribution in [0.4, 0.5) is 5.69 Å². The molecular weight excluding hydrogens is 314 g/mol. The molecule has 2 nitrogen and oxygen atoms in total. The molecule has 0 saturated carbocycles. The average Bonchev–Trinajstić information content (AvgIpc) is 2.35. The molecule has 0 aromatic heterocycles. The summed E-state index contributed by atoms with van der Waals surface area (Å²) in [5.41, 5.74) is 0.784. The van der Waals surface area contributed by atoms with Crippen molar-refractivity contribution in [3.8, 4) is 0 Å². The van der Waals surface area contributed by atoms with Crippen LogP contribution in [0.25, 0.3) is 0 Å². The molecule has 1 atom stereocenters. The molecule has 0 bridgehead atoms. The molecule has 0 aliphatic rings. The lowest BCUT2D eigenvalue weighted by atomic mass is 9.98. The van der Waals surface area contributed by atoms with Crippen LogP contribution in [-0.4, -0.2) is 5.91 Å². The van der Waals surface area contributed by atoms with Gasteiger partial charge in [-0.05, 0) is 47.0 Å². The van der Waals surface area contributed by atoms with Gasteiger partial charge in [0.15, 0.2) is 0 Å². The lowest BCUT2D eigenvalue weighted by Crippen LogP contribution is -2.22. The number of unbranched alkanes of at least 4 members (excludes halogenated alkanes) is 1. The van der Waals surface area contributed by atoms with Gasteiger partial charge in [-0.3, -0.25) is 4.79 Å². The van der Waals surface area contributed by atoms with Gasteiger partial charge in [0.2, 0.25) is 5.91 Å². The minimum atomic E-state index is 0.0967. The number of amides is 1. The van der Waals surface area contributed by atoms with E-state index in [-0.39, 0.29) is 11.8 Å². The summed E-state index contributed by atoms with van der Waals surface area (Å²) in [6.45, 7) is 4.19. The Kier molecular flexibility index (Phi) is 6.72. The van der Waals surface area contributed by atoms with Crippen molar-refractivity contribution >= 4 is 39.1 Å². The maximum Gasteiger partial charge on any atom is 0.227 e. The highest BCUT2D eigenvalue weighted by molar-refractivity contribution is 9.10. The Bertz CT molecular complexity index is 409. The summed E-state index contributed by atoms with van der Waals surface area (Å²) in [4.78, 5) is 12.1. The summed E-state index contributed by atoms with van der Waals surface area (Å²) in [5, 5.41) is 3.59. The average molecular weight is 333 g/mol. The summed E-state index contributed by atoms with van der Waals surface area (Å²) in [6.07, 6.45) is 4.04. The van der Waals surface area contributed by atoms with Crippen molar-refractivity contribution in [2.24, 2.45) is 5.92 Å². The first-order valence-corrected chi connectivity index (χ1v) is 7.51. The van der Waals surface area contributed by atoms with Crippen molar-refractivity contribution in [3.63, 3.8) is 0 Å². The van der Waals surface area contributed by atoms with Gasteiger partial charge in [-0.1, -0.05) is 38.3 Å². The molecular formula is C14H19BrClNO. The molecule has 1 N–H and O–H groups in total. The van der Waals surface area contributed by atoms with Crippen LogP contribution in [0.2, 0.25) is 5.02 Å². The lowest BCUT2D eigenvalue weighted by Gasteiger charge is -2.14. The minimum Gasteiger partial charge on any atom is -0.326 e. The fraction of sp³-hybridized carbons (Fsp3) is 0.500. The third-order valence-electron chi connectivity index (χ3n) is 2.96. The Labute approximate surface area is 122 Å². The Balaban J connectivity index is 2.64. The monoisotopic (exact) mass is 331 g/mol. The molecule has 0 spiro atoms. The molecule has 1 rings (SSSR count). The molecule has 1 amide bonds. The second kappa shape index (κ2) is 7.80. The van der Waals surface area contributed by atoms with E-state index in [4.69, 9.17) is 11.6 Å². The number of carbonyl (C=O) groups excluding carboxylic acids is 1. The number of carbonyl (C=O) groups is 1. The van der Waals surface area contributed by atoms with Gasteiger partial charge in [-0.25, -0.2) is 0 Å². The molecule has 0 heterocycles. The zero-order valence-electron chi connectivity index (χ0n) is 10.8. The number of anilines is 1. The van der Waals surface area contributed by atoms with Gasteiger partial charge in [0.05, 0.1) is 5.02 Å². The topological polar surface area (TPSA) is 29.1 Å². The summed E-state index contributed by atoms with van der Waals surface area (Å²) in [7, 11) is 0. The second-order valence-corrected chi connectivity index (χ2v) is 5.63. The maximum atomic E-state index is 12.1. The van der Waals surface area contributed by atoms with Crippen molar-refractivity contribution in [1.29, 1.82) is 0 Å². The van der Waals surface area contributed by atoms with Crippen LogP contribution in [0.15, 0.2) is 22.7 Å². The first-order valence-electron chi connectivity index (χ1n) is 6.34. The highest BCUT2D eigenvalue weighted by Gasteiger charge is 2.16.